The quantitative estimate of drug-likeness (QED) is 0.771. The van der Waals surface area contributed by atoms with E-state index in [1.807, 2.05) is 18.5 Å². The van der Waals surface area contributed by atoms with Crippen LogP contribution < -0.4 is 0 Å². The first-order valence-corrected chi connectivity index (χ1v) is 6.20. The summed E-state index contributed by atoms with van der Waals surface area (Å²) >= 11 is 0. The van der Waals surface area contributed by atoms with E-state index < -0.39 is 0 Å². The molecule has 84 valence electrons. The third kappa shape index (κ3) is 1.82. The number of pyridine rings is 1. The Morgan fingerprint density at radius 3 is 3.00 bits per heavy atom. The fraction of sp³-hybridized carbons (Fsp3) is 0.538. The summed E-state index contributed by atoms with van der Waals surface area (Å²) in [7, 11) is 0. The Labute approximate surface area is 95.5 Å². The highest BCUT2D eigenvalue weighted by atomic mass is 15.3. The largest absolute Gasteiger partial charge is 0.247 e. The van der Waals surface area contributed by atoms with Crippen LogP contribution in [0, 0.1) is 5.92 Å². The lowest BCUT2D eigenvalue weighted by atomic mass is 9.89. The van der Waals surface area contributed by atoms with Crippen molar-refractivity contribution in [1.82, 2.24) is 14.8 Å². The smallest absolute Gasteiger partial charge is 0.157 e. The zero-order chi connectivity index (χ0) is 10.8. The molecule has 0 spiro atoms. The van der Waals surface area contributed by atoms with Gasteiger partial charge in [0.15, 0.2) is 5.65 Å². The van der Waals surface area contributed by atoms with Crippen LogP contribution in [0.15, 0.2) is 24.5 Å². The zero-order valence-electron chi connectivity index (χ0n) is 9.47. The van der Waals surface area contributed by atoms with Crippen LogP contribution in [0.4, 0.5) is 0 Å². The third-order valence-corrected chi connectivity index (χ3v) is 3.55. The van der Waals surface area contributed by atoms with Crippen molar-refractivity contribution in [2.24, 2.45) is 5.92 Å². The van der Waals surface area contributed by atoms with Gasteiger partial charge < -0.3 is 0 Å². The fourth-order valence-corrected chi connectivity index (χ4v) is 2.66. The van der Waals surface area contributed by atoms with Crippen molar-refractivity contribution < 1.29 is 0 Å². The maximum atomic E-state index is 4.44. The second-order valence-electron chi connectivity index (χ2n) is 4.75. The molecule has 1 aliphatic rings. The van der Waals surface area contributed by atoms with E-state index in [1.165, 1.54) is 32.1 Å². The van der Waals surface area contributed by atoms with E-state index in [0.717, 1.165) is 23.5 Å². The molecule has 0 radical (unpaired) electrons. The fourth-order valence-electron chi connectivity index (χ4n) is 2.66. The number of fused-ring (bicyclic) bond motifs is 1. The molecule has 1 saturated carbocycles. The van der Waals surface area contributed by atoms with E-state index in [-0.39, 0.29) is 0 Å². The van der Waals surface area contributed by atoms with Gasteiger partial charge in [0.2, 0.25) is 0 Å². The second-order valence-corrected chi connectivity index (χ2v) is 4.75. The summed E-state index contributed by atoms with van der Waals surface area (Å²) in [6.45, 7) is 1.04. The van der Waals surface area contributed by atoms with E-state index in [4.69, 9.17) is 0 Å². The minimum atomic E-state index is 0.804. The van der Waals surface area contributed by atoms with Crippen LogP contribution in [0.2, 0.25) is 0 Å². The van der Waals surface area contributed by atoms with Gasteiger partial charge in [0.25, 0.3) is 0 Å². The zero-order valence-corrected chi connectivity index (χ0v) is 9.47. The van der Waals surface area contributed by atoms with Gasteiger partial charge in [-0.25, -0.2) is 9.67 Å². The second kappa shape index (κ2) is 4.24. The molecule has 2 aromatic heterocycles. The number of nitrogens with zero attached hydrogens (tertiary/aromatic N) is 3. The van der Waals surface area contributed by atoms with Crippen LogP contribution >= 0.6 is 0 Å². The first-order valence-electron chi connectivity index (χ1n) is 6.20. The summed E-state index contributed by atoms with van der Waals surface area (Å²) in [4.78, 5) is 4.41. The van der Waals surface area contributed by atoms with Gasteiger partial charge in [-0.3, -0.25) is 0 Å². The Bertz CT molecular complexity index is 469. The Morgan fingerprint density at radius 2 is 2.12 bits per heavy atom. The molecular formula is C13H17N3. The Kier molecular flexibility index (Phi) is 2.60. The SMILES string of the molecule is c1cnc2c(c1)cnn2CC1CCCCC1. The predicted molar refractivity (Wildman–Crippen MR) is 64.1 cm³/mol. The molecule has 2 heterocycles. The molecule has 3 nitrogen and oxygen atoms in total. The van der Waals surface area contributed by atoms with Crippen LogP contribution in [-0.2, 0) is 6.54 Å². The maximum Gasteiger partial charge on any atom is 0.157 e. The average Bonchev–Trinajstić information content (AvgIpc) is 2.74. The molecule has 0 aliphatic heterocycles. The summed E-state index contributed by atoms with van der Waals surface area (Å²) in [5.74, 6) is 0.804. The standard InChI is InChI=1S/C13H17N3/c1-2-5-11(6-3-1)10-16-13-12(9-15-16)7-4-8-14-13/h4,7-9,11H,1-3,5-6,10H2. The lowest BCUT2D eigenvalue weighted by Gasteiger charge is -2.21. The monoisotopic (exact) mass is 215 g/mol. The maximum absolute atomic E-state index is 4.44. The average molecular weight is 215 g/mol. The van der Waals surface area contributed by atoms with Crippen molar-refractivity contribution in [2.45, 2.75) is 38.6 Å². The van der Waals surface area contributed by atoms with Crippen molar-refractivity contribution in [3.05, 3.63) is 24.5 Å². The molecule has 2 aromatic rings. The molecule has 0 unspecified atom stereocenters. The van der Waals surface area contributed by atoms with Gasteiger partial charge in [0.05, 0.1) is 6.20 Å². The Balaban J connectivity index is 1.83. The van der Waals surface area contributed by atoms with Crippen LogP contribution in [0.3, 0.4) is 0 Å². The highest BCUT2D eigenvalue weighted by Gasteiger charge is 2.15. The summed E-state index contributed by atoms with van der Waals surface area (Å²) in [5, 5.41) is 5.59. The molecule has 0 bridgehead atoms. The highest BCUT2D eigenvalue weighted by Crippen LogP contribution is 2.25. The minimum Gasteiger partial charge on any atom is -0.247 e. The minimum absolute atomic E-state index is 0.804. The van der Waals surface area contributed by atoms with Crippen molar-refractivity contribution in [1.29, 1.82) is 0 Å². The van der Waals surface area contributed by atoms with Gasteiger partial charge in [-0.2, -0.15) is 5.10 Å². The van der Waals surface area contributed by atoms with Gasteiger partial charge >= 0.3 is 0 Å². The molecule has 0 amide bonds. The molecule has 0 aromatic carbocycles. The number of hydrogen-bond acceptors (Lipinski definition) is 2. The lowest BCUT2D eigenvalue weighted by molar-refractivity contribution is 0.311. The Morgan fingerprint density at radius 1 is 1.25 bits per heavy atom. The number of aromatic nitrogens is 3. The van der Waals surface area contributed by atoms with E-state index in [1.54, 1.807) is 0 Å². The molecule has 3 heteroatoms. The molecule has 16 heavy (non-hydrogen) atoms. The van der Waals surface area contributed by atoms with Crippen molar-refractivity contribution in [3.63, 3.8) is 0 Å². The highest BCUT2D eigenvalue weighted by molar-refractivity contribution is 5.73. The van der Waals surface area contributed by atoms with Crippen molar-refractivity contribution >= 4 is 11.0 Å². The van der Waals surface area contributed by atoms with Crippen LogP contribution in [0.25, 0.3) is 11.0 Å². The van der Waals surface area contributed by atoms with Gasteiger partial charge in [-0.15, -0.1) is 0 Å². The molecular weight excluding hydrogens is 198 g/mol. The lowest BCUT2D eigenvalue weighted by Crippen LogP contribution is -2.15. The topological polar surface area (TPSA) is 30.7 Å². The van der Waals surface area contributed by atoms with E-state index >= 15 is 0 Å². The van der Waals surface area contributed by atoms with Crippen LogP contribution in [0.1, 0.15) is 32.1 Å². The Hall–Kier alpha value is -1.38. The normalized spacial score (nSPS) is 18.0. The molecule has 0 atom stereocenters. The van der Waals surface area contributed by atoms with Gasteiger partial charge in [-0.1, -0.05) is 19.3 Å². The first kappa shape index (κ1) is 9.82. The van der Waals surface area contributed by atoms with Crippen molar-refractivity contribution in [3.8, 4) is 0 Å². The predicted octanol–water partition coefficient (Wildman–Crippen LogP) is 3.01. The molecule has 1 aliphatic carbocycles. The summed E-state index contributed by atoms with van der Waals surface area (Å²) in [6.07, 6.45) is 10.7. The molecule has 0 saturated heterocycles. The van der Waals surface area contributed by atoms with Gasteiger partial charge in [-0.05, 0) is 30.9 Å². The van der Waals surface area contributed by atoms with Crippen LogP contribution in [0.5, 0.6) is 0 Å². The molecule has 0 N–H and O–H groups in total. The summed E-state index contributed by atoms with van der Waals surface area (Å²) < 4.78 is 2.07. The van der Waals surface area contributed by atoms with E-state index in [2.05, 4.69) is 20.8 Å². The summed E-state index contributed by atoms with van der Waals surface area (Å²) in [5.41, 5.74) is 1.04. The number of hydrogen-bond donors (Lipinski definition) is 0. The van der Waals surface area contributed by atoms with E-state index in [0.29, 0.717) is 0 Å². The number of rotatable bonds is 2. The van der Waals surface area contributed by atoms with Crippen molar-refractivity contribution in [2.75, 3.05) is 0 Å². The van der Waals surface area contributed by atoms with Gasteiger partial charge in [0, 0.05) is 18.1 Å². The third-order valence-electron chi connectivity index (χ3n) is 3.55. The summed E-state index contributed by atoms with van der Waals surface area (Å²) in [6, 6.07) is 4.04. The molecule has 3 rings (SSSR count). The van der Waals surface area contributed by atoms with E-state index in [9.17, 15) is 0 Å². The van der Waals surface area contributed by atoms with Crippen LogP contribution in [-0.4, -0.2) is 14.8 Å². The van der Waals surface area contributed by atoms with Gasteiger partial charge in [0.1, 0.15) is 0 Å². The first-order chi connectivity index (χ1) is 7.93. The molecule has 1 fully saturated rings.